The highest BCUT2D eigenvalue weighted by molar-refractivity contribution is 8.00. The summed E-state index contributed by atoms with van der Waals surface area (Å²) in [7, 11) is 0. The lowest BCUT2D eigenvalue weighted by Gasteiger charge is -2.35. The molecule has 1 N–H and O–H groups in total. The standard InChI is InChI=1S/C14H24N2O3S/c1-4-7-15(9(2)3)14(19)16-11(13(17)18)8-20-12(16)10-5-6-10/h9-12H,4-8H2,1-3H3,(H,17,18). The predicted molar refractivity (Wildman–Crippen MR) is 79.8 cm³/mol. The van der Waals surface area contributed by atoms with E-state index >= 15 is 0 Å². The van der Waals surface area contributed by atoms with E-state index in [2.05, 4.69) is 0 Å². The molecule has 2 fully saturated rings. The van der Waals surface area contributed by atoms with E-state index in [1.807, 2.05) is 20.8 Å². The molecule has 0 aromatic rings. The number of nitrogens with zero attached hydrogens (tertiary/aromatic N) is 2. The maximum Gasteiger partial charge on any atom is 0.327 e. The number of carbonyl (C=O) groups excluding carboxylic acids is 1. The Balaban J connectivity index is 2.19. The van der Waals surface area contributed by atoms with Crippen molar-refractivity contribution in [2.24, 2.45) is 5.92 Å². The lowest BCUT2D eigenvalue weighted by Crippen LogP contribution is -2.54. The fourth-order valence-corrected chi connectivity index (χ4v) is 4.29. The van der Waals surface area contributed by atoms with E-state index in [1.165, 1.54) is 0 Å². The van der Waals surface area contributed by atoms with Crippen LogP contribution in [0, 0.1) is 5.92 Å². The third kappa shape index (κ3) is 3.05. The fourth-order valence-electron chi connectivity index (χ4n) is 2.67. The zero-order chi connectivity index (χ0) is 14.9. The molecule has 1 saturated heterocycles. The van der Waals surface area contributed by atoms with Gasteiger partial charge in [-0.1, -0.05) is 6.92 Å². The molecule has 114 valence electrons. The van der Waals surface area contributed by atoms with Crippen LogP contribution in [0.4, 0.5) is 4.79 Å². The molecule has 0 aromatic carbocycles. The Morgan fingerprint density at radius 2 is 2.05 bits per heavy atom. The van der Waals surface area contributed by atoms with Crippen LogP contribution < -0.4 is 0 Å². The largest absolute Gasteiger partial charge is 0.480 e. The van der Waals surface area contributed by atoms with Crippen LogP contribution in [0.3, 0.4) is 0 Å². The number of urea groups is 1. The highest BCUT2D eigenvalue weighted by Gasteiger charge is 2.49. The molecule has 0 radical (unpaired) electrons. The summed E-state index contributed by atoms with van der Waals surface area (Å²) in [5.41, 5.74) is 0. The van der Waals surface area contributed by atoms with Gasteiger partial charge in [0.1, 0.15) is 6.04 Å². The summed E-state index contributed by atoms with van der Waals surface area (Å²) in [4.78, 5) is 27.7. The third-order valence-corrected chi connectivity index (χ3v) is 5.36. The van der Waals surface area contributed by atoms with Crippen molar-refractivity contribution in [3.8, 4) is 0 Å². The Labute approximate surface area is 124 Å². The van der Waals surface area contributed by atoms with Gasteiger partial charge < -0.3 is 10.0 Å². The predicted octanol–water partition coefficient (Wildman–Crippen LogP) is 2.46. The maximum atomic E-state index is 12.8. The topological polar surface area (TPSA) is 60.9 Å². The van der Waals surface area contributed by atoms with E-state index in [0.717, 1.165) is 19.3 Å². The van der Waals surface area contributed by atoms with Crippen molar-refractivity contribution in [1.29, 1.82) is 0 Å². The molecule has 0 spiro atoms. The van der Waals surface area contributed by atoms with Crippen LogP contribution in [0.25, 0.3) is 0 Å². The molecule has 1 aliphatic heterocycles. The van der Waals surface area contributed by atoms with Gasteiger partial charge in [-0.25, -0.2) is 9.59 Å². The molecular formula is C14H24N2O3S. The van der Waals surface area contributed by atoms with Crippen molar-refractivity contribution in [2.45, 2.75) is 57.5 Å². The number of hydrogen-bond acceptors (Lipinski definition) is 3. The minimum Gasteiger partial charge on any atom is -0.480 e. The smallest absolute Gasteiger partial charge is 0.327 e. The van der Waals surface area contributed by atoms with E-state index in [-0.39, 0.29) is 17.4 Å². The fraction of sp³-hybridized carbons (Fsp3) is 0.857. The molecule has 20 heavy (non-hydrogen) atoms. The average molecular weight is 300 g/mol. The summed E-state index contributed by atoms with van der Waals surface area (Å²) in [6.07, 6.45) is 3.11. The Kier molecular flexibility index (Phi) is 4.83. The van der Waals surface area contributed by atoms with Gasteiger partial charge in [0, 0.05) is 18.3 Å². The second-order valence-corrected chi connectivity index (χ2v) is 7.04. The first kappa shape index (κ1) is 15.5. The Hall–Kier alpha value is -0.910. The van der Waals surface area contributed by atoms with Crippen LogP contribution in [0.5, 0.6) is 0 Å². The SMILES string of the molecule is CCCN(C(=O)N1C(C(=O)O)CSC1C1CC1)C(C)C. The Morgan fingerprint density at radius 1 is 1.40 bits per heavy atom. The van der Waals surface area contributed by atoms with Crippen LogP contribution in [0.15, 0.2) is 0 Å². The number of carboxylic acids is 1. The molecule has 2 aliphatic rings. The minimum atomic E-state index is -0.880. The number of carbonyl (C=O) groups is 2. The number of thioether (sulfide) groups is 1. The van der Waals surface area contributed by atoms with Crippen LogP contribution in [-0.2, 0) is 4.79 Å². The molecule has 0 bridgehead atoms. The van der Waals surface area contributed by atoms with Crippen molar-refractivity contribution in [3.63, 3.8) is 0 Å². The molecule has 1 heterocycles. The first-order valence-corrected chi connectivity index (χ1v) is 8.45. The molecule has 2 unspecified atom stereocenters. The first-order chi connectivity index (χ1) is 9.47. The van der Waals surface area contributed by atoms with Crippen molar-refractivity contribution in [3.05, 3.63) is 0 Å². The number of amides is 2. The lowest BCUT2D eigenvalue weighted by atomic mass is 10.2. The highest BCUT2D eigenvalue weighted by Crippen LogP contribution is 2.45. The van der Waals surface area contributed by atoms with Crippen LogP contribution in [0.1, 0.15) is 40.0 Å². The van der Waals surface area contributed by atoms with Gasteiger partial charge in [-0.05, 0) is 39.0 Å². The normalized spacial score (nSPS) is 26.1. The average Bonchev–Trinajstić information content (AvgIpc) is 3.13. The van der Waals surface area contributed by atoms with Crippen molar-refractivity contribution >= 4 is 23.8 Å². The monoisotopic (exact) mass is 300 g/mol. The summed E-state index contributed by atoms with van der Waals surface area (Å²) in [6.45, 7) is 6.69. The number of hydrogen-bond donors (Lipinski definition) is 1. The van der Waals surface area contributed by atoms with Crippen LogP contribution in [0.2, 0.25) is 0 Å². The molecule has 2 rings (SSSR count). The van der Waals surface area contributed by atoms with Crippen molar-refractivity contribution < 1.29 is 14.7 Å². The highest BCUT2D eigenvalue weighted by atomic mass is 32.2. The molecule has 0 aromatic heterocycles. The summed E-state index contributed by atoms with van der Waals surface area (Å²) in [6, 6.07) is -0.672. The van der Waals surface area contributed by atoms with Gasteiger partial charge in [-0.3, -0.25) is 4.90 Å². The van der Waals surface area contributed by atoms with E-state index in [1.54, 1.807) is 21.6 Å². The van der Waals surface area contributed by atoms with Gasteiger partial charge in [0.15, 0.2) is 0 Å². The van der Waals surface area contributed by atoms with Gasteiger partial charge in [-0.15, -0.1) is 11.8 Å². The molecule has 2 atom stereocenters. The van der Waals surface area contributed by atoms with Gasteiger partial charge in [-0.2, -0.15) is 0 Å². The van der Waals surface area contributed by atoms with E-state index in [4.69, 9.17) is 0 Å². The van der Waals surface area contributed by atoms with E-state index < -0.39 is 12.0 Å². The third-order valence-electron chi connectivity index (χ3n) is 3.90. The van der Waals surface area contributed by atoms with Crippen molar-refractivity contribution in [2.75, 3.05) is 12.3 Å². The number of rotatable bonds is 5. The maximum absolute atomic E-state index is 12.8. The summed E-state index contributed by atoms with van der Waals surface area (Å²) in [5.74, 6) is 0.124. The first-order valence-electron chi connectivity index (χ1n) is 7.40. The summed E-state index contributed by atoms with van der Waals surface area (Å²) < 4.78 is 0. The summed E-state index contributed by atoms with van der Waals surface area (Å²) >= 11 is 1.63. The number of aliphatic carboxylic acids is 1. The van der Waals surface area contributed by atoms with Gasteiger partial charge in [0.05, 0.1) is 5.37 Å². The molecule has 6 heteroatoms. The van der Waals surface area contributed by atoms with Crippen molar-refractivity contribution in [1.82, 2.24) is 9.80 Å². The van der Waals surface area contributed by atoms with Gasteiger partial charge in [0.25, 0.3) is 0 Å². The Bertz CT molecular complexity index is 385. The van der Waals surface area contributed by atoms with E-state index in [9.17, 15) is 14.7 Å². The molecule has 2 amide bonds. The lowest BCUT2D eigenvalue weighted by molar-refractivity contribution is -0.141. The van der Waals surface area contributed by atoms with Crippen LogP contribution in [-0.4, -0.2) is 56.7 Å². The quantitative estimate of drug-likeness (QED) is 0.847. The Morgan fingerprint density at radius 3 is 2.50 bits per heavy atom. The minimum absolute atomic E-state index is 0.0571. The number of carboxylic acid groups (broad SMARTS) is 1. The zero-order valence-electron chi connectivity index (χ0n) is 12.4. The second kappa shape index (κ2) is 6.24. The van der Waals surface area contributed by atoms with Gasteiger partial charge in [0.2, 0.25) is 0 Å². The van der Waals surface area contributed by atoms with E-state index in [0.29, 0.717) is 18.2 Å². The van der Waals surface area contributed by atoms with Crippen LogP contribution >= 0.6 is 11.8 Å². The van der Waals surface area contributed by atoms with Gasteiger partial charge >= 0.3 is 12.0 Å². The second-order valence-electron chi connectivity index (χ2n) is 5.89. The molecular weight excluding hydrogens is 276 g/mol. The summed E-state index contributed by atoms with van der Waals surface area (Å²) in [5, 5.41) is 9.43. The molecule has 1 saturated carbocycles. The zero-order valence-corrected chi connectivity index (χ0v) is 13.2. The molecule has 1 aliphatic carbocycles. The molecule has 5 nitrogen and oxygen atoms in total.